The summed E-state index contributed by atoms with van der Waals surface area (Å²) in [7, 11) is 3.12. The second-order valence-corrected chi connectivity index (χ2v) is 7.72. The Kier molecular flexibility index (Phi) is 7.67. The molecule has 8 nitrogen and oxygen atoms in total. The largest absolute Gasteiger partial charge is 0.493 e. The average Bonchev–Trinajstić information content (AvgIpc) is 3.12. The number of hydrogen-bond acceptors (Lipinski definition) is 6. The maximum Gasteiger partial charge on any atom is 0.257 e. The number of hydrogen-bond donors (Lipinski definition) is 0. The van der Waals surface area contributed by atoms with Crippen molar-refractivity contribution in [3.63, 3.8) is 0 Å². The van der Waals surface area contributed by atoms with Crippen LogP contribution in [0, 0.1) is 11.3 Å². The summed E-state index contributed by atoms with van der Waals surface area (Å²) in [4.78, 5) is 41.5. The zero-order valence-corrected chi connectivity index (χ0v) is 19.0. The predicted molar refractivity (Wildman–Crippen MR) is 122 cm³/mol. The molecule has 0 saturated carbocycles. The third kappa shape index (κ3) is 5.14. The summed E-state index contributed by atoms with van der Waals surface area (Å²) < 4.78 is 10.6. The molecule has 0 radical (unpaired) electrons. The van der Waals surface area contributed by atoms with Crippen molar-refractivity contribution >= 4 is 23.4 Å². The lowest BCUT2D eigenvalue weighted by atomic mass is 10.1. The highest BCUT2D eigenvalue weighted by Crippen LogP contribution is 2.29. The third-order valence-electron chi connectivity index (χ3n) is 5.63. The van der Waals surface area contributed by atoms with Gasteiger partial charge in [-0.05, 0) is 54.8 Å². The zero-order valence-electron chi connectivity index (χ0n) is 19.0. The number of carbonyl (C=O) groups is 3. The van der Waals surface area contributed by atoms with Gasteiger partial charge < -0.3 is 14.4 Å². The van der Waals surface area contributed by atoms with E-state index in [1.807, 2.05) is 25.1 Å². The molecule has 0 aliphatic carbocycles. The van der Waals surface area contributed by atoms with Crippen molar-refractivity contribution in [3.8, 4) is 17.6 Å². The Morgan fingerprint density at radius 2 is 1.82 bits per heavy atom. The van der Waals surface area contributed by atoms with Gasteiger partial charge in [-0.1, -0.05) is 13.0 Å². The number of methoxy groups -OCH3 is 2. The van der Waals surface area contributed by atoms with E-state index < -0.39 is 11.9 Å². The molecule has 0 N–H and O–H groups in total. The number of nitriles is 1. The van der Waals surface area contributed by atoms with Crippen molar-refractivity contribution in [3.05, 3.63) is 53.6 Å². The van der Waals surface area contributed by atoms with Gasteiger partial charge in [-0.3, -0.25) is 14.4 Å². The van der Waals surface area contributed by atoms with Gasteiger partial charge in [0.1, 0.15) is 6.04 Å². The standard InChI is InChI=1S/C25H27N3O5/c1-4-5-23(29)27(13-12-17-8-11-21(32-2)22(14-17)33-3)20-15-24(30)28(25(20)31)19-9-6-18(16-26)7-10-19/h6-11,14,20H,4-5,12-13,15H2,1-3H3. The Morgan fingerprint density at radius 3 is 2.42 bits per heavy atom. The molecule has 2 aromatic carbocycles. The van der Waals surface area contributed by atoms with Crippen LogP contribution in [0.2, 0.25) is 0 Å². The van der Waals surface area contributed by atoms with Crippen molar-refractivity contribution in [1.29, 1.82) is 5.26 Å². The molecule has 1 atom stereocenters. The van der Waals surface area contributed by atoms with E-state index in [1.165, 1.54) is 4.90 Å². The molecule has 1 fully saturated rings. The second kappa shape index (κ2) is 10.6. The van der Waals surface area contributed by atoms with Gasteiger partial charge in [-0.15, -0.1) is 0 Å². The molecule has 3 rings (SSSR count). The van der Waals surface area contributed by atoms with Crippen LogP contribution in [0.5, 0.6) is 11.5 Å². The van der Waals surface area contributed by atoms with Gasteiger partial charge in [-0.2, -0.15) is 5.26 Å². The van der Waals surface area contributed by atoms with E-state index in [-0.39, 0.29) is 18.2 Å². The van der Waals surface area contributed by atoms with Crippen LogP contribution in [0.4, 0.5) is 5.69 Å². The van der Waals surface area contributed by atoms with Crippen molar-refractivity contribution in [2.45, 2.75) is 38.6 Å². The number of benzene rings is 2. The summed E-state index contributed by atoms with van der Waals surface area (Å²) in [5.41, 5.74) is 1.75. The molecule has 2 aromatic rings. The predicted octanol–water partition coefficient (Wildman–Crippen LogP) is 3.08. The summed E-state index contributed by atoms with van der Waals surface area (Å²) in [5, 5.41) is 8.98. The lowest BCUT2D eigenvalue weighted by Gasteiger charge is -2.28. The SMILES string of the molecule is CCCC(=O)N(CCc1ccc(OC)c(OC)c1)C1CC(=O)N(c2ccc(C#N)cc2)C1=O. The quantitative estimate of drug-likeness (QED) is 0.546. The summed E-state index contributed by atoms with van der Waals surface area (Å²) >= 11 is 0. The van der Waals surface area contributed by atoms with Gasteiger partial charge in [0, 0.05) is 13.0 Å². The highest BCUT2D eigenvalue weighted by molar-refractivity contribution is 6.23. The van der Waals surface area contributed by atoms with Crippen LogP contribution in [-0.4, -0.2) is 49.4 Å². The van der Waals surface area contributed by atoms with E-state index in [0.29, 0.717) is 48.6 Å². The Hall–Kier alpha value is -3.86. The molecule has 1 heterocycles. The number of nitrogens with zero attached hydrogens (tertiary/aromatic N) is 3. The molecule has 0 spiro atoms. The summed E-state index contributed by atoms with van der Waals surface area (Å²) in [6.07, 6.45) is 1.35. The van der Waals surface area contributed by atoms with Crippen LogP contribution in [0.1, 0.15) is 37.3 Å². The molecular weight excluding hydrogens is 422 g/mol. The first-order chi connectivity index (χ1) is 15.9. The summed E-state index contributed by atoms with van der Waals surface area (Å²) in [6, 6.07) is 12.9. The number of imide groups is 1. The first-order valence-electron chi connectivity index (χ1n) is 10.8. The van der Waals surface area contributed by atoms with Crippen LogP contribution in [0.25, 0.3) is 0 Å². The van der Waals surface area contributed by atoms with E-state index in [9.17, 15) is 14.4 Å². The molecule has 3 amide bonds. The highest BCUT2D eigenvalue weighted by Gasteiger charge is 2.44. The maximum absolute atomic E-state index is 13.2. The Bertz CT molecular complexity index is 1070. The minimum absolute atomic E-state index is 0.0692. The number of amides is 3. The molecule has 33 heavy (non-hydrogen) atoms. The first-order valence-corrected chi connectivity index (χ1v) is 10.8. The van der Waals surface area contributed by atoms with Gasteiger partial charge in [0.25, 0.3) is 5.91 Å². The van der Waals surface area contributed by atoms with Gasteiger partial charge in [0.2, 0.25) is 11.8 Å². The Labute approximate surface area is 193 Å². The van der Waals surface area contributed by atoms with E-state index in [1.54, 1.807) is 44.6 Å². The maximum atomic E-state index is 13.2. The second-order valence-electron chi connectivity index (χ2n) is 7.72. The van der Waals surface area contributed by atoms with Crippen molar-refractivity contribution in [2.24, 2.45) is 0 Å². The molecule has 1 aliphatic heterocycles. The van der Waals surface area contributed by atoms with E-state index in [4.69, 9.17) is 14.7 Å². The summed E-state index contributed by atoms with van der Waals surface area (Å²) in [6.45, 7) is 2.19. The van der Waals surface area contributed by atoms with Crippen molar-refractivity contribution in [1.82, 2.24) is 4.90 Å². The summed E-state index contributed by atoms with van der Waals surface area (Å²) in [5.74, 6) is 0.234. The molecular formula is C25H27N3O5. The van der Waals surface area contributed by atoms with Crippen LogP contribution >= 0.6 is 0 Å². The number of anilines is 1. The van der Waals surface area contributed by atoms with E-state index in [0.717, 1.165) is 10.5 Å². The molecule has 8 heteroatoms. The molecule has 1 unspecified atom stereocenters. The number of rotatable bonds is 9. The Morgan fingerprint density at radius 1 is 1.12 bits per heavy atom. The number of carbonyl (C=O) groups excluding carboxylic acids is 3. The van der Waals surface area contributed by atoms with Crippen LogP contribution in [0.15, 0.2) is 42.5 Å². The third-order valence-corrected chi connectivity index (χ3v) is 5.63. The fourth-order valence-electron chi connectivity index (χ4n) is 3.91. The monoisotopic (exact) mass is 449 g/mol. The van der Waals surface area contributed by atoms with E-state index in [2.05, 4.69) is 0 Å². The highest BCUT2D eigenvalue weighted by atomic mass is 16.5. The van der Waals surface area contributed by atoms with Crippen LogP contribution in [-0.2, 0) is 20.8 Å². The van der Waals surface area contributed by atoms with Gasteiger partial charge in [0.15, 0.2) is 11.5 Å². The Balaban J connectivity index is 1.82. The van der Waals surface area contributed by atoms with Gasteiger partial charge >= 0.3 is 0 Å². The van der Waals surface area contributed by atoms with E-state index >= 15 is 0 Å². The average molecular weight is 450 g/mol. The fourth-order valence-corrected chi connectivity index (χ4v) is 3.91. The zero-order chi connectivity index (χ0) is 24.0. The van der Waals surface area contributed by atoms with Gasteiger partial charge in [-0.25, -0.2) is 4.90 Å². The topological polar surface area (TPSA) is 99.9 Å². The smallest absolute Gasteiger partial charge is 0.257 e. The normalized spacial score (nSPS) is 15.3. The lowest BCUT2D eigenvalue weighted by molar-refractivity contribution is -0.138. The van der Waals surface area contributed by atoms with Crippen LogP contribution in [0.3, 0.4) is 0 Å². The minimum atomic E-state index is -0.854. The minimum Gasteiger partial charge on any atom is -0.493 e. The first kappa shape index (κ1) is 23.8. The van der Waals surface area contributed by atoms with Crippen molar-refractivity contribution in [2.75, 3.05) is 25.7 Å². The molecule has 1 saturated heterocycles. The molecule has 172 valence electrons. The fraction of sp³-hybridized carbons (Fsp3) is 0.360. The van der Waals surface area contributed by atoms with Crippen LogP contribution < -0.4 is 14.4 Å². The molecule has 1 aliphatic rings. The van der Waals surface area contributed by atoms with Gasteiger partial charge in [0.05, 0.1) is 38.0 Å². The lowest BCUT2D eigenvalue weighted by Crippen LogP contribution is -2.46. The molecule has 0 bridgehead atoms. The number of ether oxygens (including phenoxy) is 2. The molecule has 0 aromatic heterocycles. The van der Waals surface area contributed by atoms with Crippen molar-refractivity contribution < 1.29 is 23.9 Å².